The first-order valence-corrected chi connectivity index (χ1v) is 6.85. The molecule has 0 amide bonds. The van der Waals surface area contributed by atoms with Gasteiger partial charge in [0.25, 0.3) is 0 Å². The molecule has 3 N–H and O–H groups in total. The monoisotopic (exact) mass is 249 g/mol. The smallest absolute Gasteiger partial charge is 0.115 e. The molecule has 3 nitrogen and oxygen atoms in total. The van der Waals surface area contributed by atoms with Gasteiger partial charge in [-0.3, -0.25) is 0 Å². The minimum absolute atomic E-state index is 0.0789. The van der Waals surface area contributed by atoms with Gasteiger partial charge in [-0.15, -0.1) is 0 Å². The Morgan fingerprint density at radius 1 is 1.28 bits per heavy atom. The molecule has 0 aromatic heterocycles. The van der Waals surface area contributed by atoms with E-state index in [4.69, 9.17) is 0 Å². The van der Waals surface area contributed by atoms with Crippen molar-refractivity contribution in [1.82, 2.24) is 5.32 Å². The van der Waals surface area contributed by atoms with Gasteiger partial charge in [0.1, 0.15) is 5.75 Å². The lowest BCUT2D eigenvalue weighted by atomic mass is 9.87. The van der Waals surface area contributed by atoms with Gasteiger partial charge < -0.3 is 15.5 Å². The predicted octanol–water partition coefficient (Wildman–Crippen LogP) is 2.59. The average molecular weight is 249 g/mol. The van der Waals surface area contributed by atoms with Crippen molar-refractivity contribution in [3.05, 3.63) is 29.8 Å². The predicted molar refractivity (Wildman–Crippen MR) is 72.5 cm³/mol. The van der Waals surface area contributed by atoms with E-state index in [9.17, 15) is 10.2 Å². The summed E-state index contributed by atoms with van der Waals surface area (Å²) in [5.74, 6) is 0.995. The van der Waals surface area contributed by atoms with Crippen molar-refractivity contribution in [2.24, 2.45) is 5.92 Å². The van der Waals surface area contributed by atoms with E-state index in [-0.39, 0.29) is 12.1 Å². The van der Waals surface area contributed by atoms with Crippen molar-refractivity contribution in [1.29, 1.82) is 0 Å². The molecule has 1 saturated carbocycles. The van der Waals surface area contributed by atoms with E-state index in [0.717, 1.165) is 37.8 Å². The number of nitrogens with one attached hydrogen (secondary N) is 1. The van der Waals surface area contributed by atoms with Crippen molar-refractivity contribution in [2.45, 2.75) is 44.8 Å². The topological polar surface area (TPSA) is 52.5 Å². The Kier molecular flexibility index (Phi) is 4.61. The maximum absolute atomic E-state index is 9.46. The Morgan fingerprint density at radius 2 is 2.00 bits per heavy atom. The highest BCUT2D eigenvalue weighted by molar-refractivity contribution is 5.28. The zero-order chi connectivity index (χ0) is 13.0. The zero-order valence-corrected chi connectivity index (χ0v) is 11.0. The fraction of sp³-hybridized carbons (Fsp3) is 0.600. The molecule has 1 aliphatic carbocycles. The highest BCUT2D eigenvalue weighted by atomic mass is 16.3. The van der Waals surface area contributed by atoms with E-state index >= 15 is 0 Å². The molecular formula is C15H23NO2. The van der Waals surface area contributed by atoms with Crippen molar-refractivity contribution in [3.8, 4) is 5.75 Å². The van der Waals surface area contributed by atoms with Gasteiger partial charge >= 0.3 is 0 Å². The van der Waals surface area contributed by atoms with Crippen molar-refractivity contribution >= 4 is 0 Å². The third-order valence-electron chi connectivity index (χ3n) is 3.90. The fourth-order valence-corrected chi connectivity index (χ4v) is 2.60. The molecule has 0 heterocycles. The van der Waals surface area contributed by atoms with Crippen LogP contribution >= 0.6 is 0 Å². The molecule has 0 spiro atoms. The molecule has 1 atom stereocenters. The summed E-state index contributed by atoms with van der Waals surface area (Å²) in [5.41, 5.74) is 1.12. The molecule has 0 aliphatic heterocycles. The van der Waals surface area contributed by atoms with Gasteiger partial charge in [-0.2, -0.15) is 0 Å². The lowest BCUT2D eigenvalue weighted by Gasteiger charge is -2.27. The number of hydrogen-bond acceptors (Lipinski definition) is 3. The van der Waals surface area contributed by atoms with Gasteiger partial charge in [0.05, 0.1) is 6.10 Å². The van der Waals surface area contributed by atoms with E-state index in [0.29, 0.717) is 11.7 Å². The van der Waals surface area contributed by atoms with Crippen LogP contribution in [-0.2, 0) is 0 Å². The third kappa shape index (κ3) is 3.72. The van der Waals surface area contributed by atoms with Gasteiger partial charge in [0.15, 0.2) is 0 Å². The summed E-state index contributed by atoms with van der Waals surface area (Å²) in [6.07, 6.45) is 4.02. The largest absolute Gasteiger partial charge is 0.508 e. The van der Waals surface area contributed by atoms with E-state index in [2.05, 4.69) is 12.2 Å². The number of phenols is 1. The standard InChI is InChI=1S/C15H23NO2/c1-11(13-3-2-4-15(18)9-13)16-10-12-5-7-14(17)8-6-12/h2-4,9,11-12,14,16-18H,5-8,10H2,1H3. The van der Waals surface area contributed by atoms with Gasteiger partial charge in [-0.05, 0) is 62.8 Å². The summed E-state index contributed by atoms with van der Waals surface area (Å²) < 4.78 is 0. The number of aliphatic hydroxyl groups excluding tert-OH is 1. The van der Waals surface area contributed by atoms with Crippen LogP contribution in [0.25, 0.3) is 0 Å². The minimum Gasteiger partial charge on any atom is -0.508 e. The quantitative estimate of drug-likeness (QED) is 0.769. The summed E-state index contributed by atoms with van der Waals surface area (Å²) in [6.45, 7) is 3.11. The Hall–Kier alpha value is -1.06. The maximum Gasteiger partial charge on any atom is 0.115 e. The van der Waals surface area contributed by atoms with E-state index in [1.54, 1.807) is 6.07 Å². The van der Waals surface area contributed by atoms with Crippen LogP contribution in [0.2, 0.25) is 0 Å². The van der Waals surface area contributed by atoms with Crippen LogP contribution in [0, 0.1) is 5.92 Å². The van der Waals surface area contributed by atoms with Crippen LogP contribution in [0.5, 0.6) is 5.75 Å². The Labute approximate surface area is 109 Å². The molecular weight excluding hydrogens is 226 g/mol. The lowest BCUT2D eigenvalue weighted by Crippen LogP contribution is -2.29. The van der Waals surface area contributed by atoms with Crippen molar-refractivity contribution in [3.63, 3.8) is 0 Å². The number of benzene rings is 1. The van der Waals surface area contributed by atoms with Crippen LogP contribution in [0.15, 0.2) is 24.3 Å². The lowest BCUT2D eigenvalue weighted by molar-refractivity contribution is 0.108. The van der Waals surface area contributed by atoms with Crippen LogP contribution in [0.1, 0.15) is 44.2 Å². The molecule has 1 aliphatic rings. The fourth-order valence-electron chi connectivity index (χ4n) is 2.60. The summed E-state index contributed by atoms with van der Waals surface area (Å²) in [5, 5.41) is 22.4. The zero-order valence-electron chi connectivity index (χ0n) is 11.0. The summed E-state index contributed by atoms with van der Waals surface area (Å²) in [4.78, 5) is 0. The maximum atomic E-state index is 9.46. The van der Waals surface area contributed by atoms with Gasteiger partial charge in [0, 0.05) is 6.04 Å². The van der Waals surface area contributed by atoms with E-state index in [1.807, 2.05) is 18.2 Å². The molecule has 18 heavy (non-hydrogen) atoms. The van der Waals surface area contributed by atoms with Gasteiger partial charge in [0.2, 0.25) is 0 Å². The number of aromatic hydroxyl groups is 1. The molecule has 1 unspecified atom stereocenters. The molecule has 1 aromatic rings. The third-order valence-corrected chi connectivity index (χ3v) is 3.90. The molecule has 1 aromatic carbocycles. The van der Waals surface area contributed by atoms with Crippen LogP contribution < -0.4 is 5.32 Å². The molecule has 1 fully saturated rings. The number of phenolic OH excluding ortho intramolecular Hbond substituents is 1. The highest BCUT2D eigenvalue weighted by Crippen LogP contribution is 2.24. The van der Waals surface area contributed by atoms with Crippen LogP contribution in [-0.4, -0.2) is 22.9 Å². The summed E-state index contributed by atoms with van der Waals surface area (Å²) in [7, 11) is 0. The number of aliphatic hydroxyl groups is 1. The minimum atomic E-state index is -0.0789. The first-order valence-electron chi connectivity index (χ1n) is 6.85. The molecule has 0 saturated heterocycles. The Balaban J connectivity index is 1.79. The molecule has 2 rings (SSSR count). The van der Waals surface area contributed by atoms with Crippen molar-refractivity contribution < 1.29 is 10.2 Å². The first kappa shape index (κ1) is 13.4. The number of rotatable bonds is 4. The second kappa shape index (κ2) is 6.21. The SMILES string of the molecule is CC(NCC1CCC(O)CC1)c1cccc(O)c1. The second-order valence-corrected chi connectivity index (χ2v) is 5.40. The van der Waals surface area contributed by atoms with Gasteiger partial charge in [-0.1, -0.05) is 12.1 Å². The average Bonchev–Trinajstić information content (AvgIpc) is 2.38. The molecule has 0 radical (unpaired) electrons. The van der Waals surface area contributed by atoms with E-state index in [1.165, 1.54) is 0 Å². The highest BCUT2D eigenvalue weighted by Gasteiger charge is 2.19. The van der Waals surface area contributed by atoms with Crippen molar-refractivity contribution in [2.75, 3.05) is 6.54 Å². The molecule has 3 heteroatoms. The summed E-state index contributed by atoms with van der Waals surface area (Å²) in [6, 6.07) is 7.66. The normalized spacial score (nSPS) is 25.9. The number of hydrogen-bond donors (Lipinski definition) is 3. The Morgan fingerprint density at radius 3 is 2.67 bits per heavy atom. The first-order chi connectivity index (χ1) is 8.65. The second-order valence-electron chi connectivity index (χ2n) is 5.40. The molecule has 100 valence electrons. The van der Waals surface area contributed by atoms with E-state index < -0.39 is 0 Å². The van der Waals surface area contributed by atoms with Crippen LogP contribution in [0.3, 0.4) is 0 Å². The molecule has 0 bridgehead atoms. The van der Waals surface area contributed by atoms with Gasteiger partial charge in [-0.25, -0.2) is 0 Å². The summed E-state index contributed by atoms with van der Waals surface area (Å²) >= 11 is 0. The van der Waals surface area contributed by atoms with Crippen LogP contribution in [0.4, 0.5) is 0 Å². The Bertz CT molecular complexity index is 373.